The molecule has 1 aromatic rings. The van der Waals surface area contributed by atoms with Gasteiger partial charge < -0.3 is 31.9 Å². The van der Waals surface area contributed by atoms with Crippen LogP contribution in [-0.2, 0) is 31.2 Å². The first-order chi connectivity index (χ1) is 16.4. The van der Waals surface area contributed by atoms with Gasteiger partial charge in [0.05, 0.1) is 17.3 Å². The summed E-state index contributed by atoms with van der Waals surface area (Å²) in [5.74, 6) is -6.84. The van der Waals surface area contributed by atoms with Gasteiger partial charge in [0.15, 0.2) is 11.4 Å². The Kier molecular flexibility index (Phi) is 6.67. The maximum atomic E-state index is 13.5. The highest BCUT2D eigenvalue weighted by molar-refractivity contribution is 7.79. The number of nitrogen functional groups attached to an aromatic ring is 1. The number of aromatic hydroxyl groups is 1. The zero-order chi connectivity index (χ0) is 27.5. The van der Waals surface area contributed by atoms with Gasteiger partial charge in [-0.15, -0.1) is 0 Å². The van der Waals surface area contributed by atoms with Crippen LogP contribution < -0.4 is 11.5 Å². The number of Topliss-reactive ketones (excluding diaryl/α,β-unsaturated/α-hetero) is 2. The number of ketones is 2. The summed E-state index contributed by atoms with van der Waals surface area (Å²) in [4.78, 5) is 39.8. The number of phenols is 1. The smallest absolute Gasteiger partial charge is 0.394 e. The molecule has 0 aromatic heterocycles. The summed E-state index contributed by atoms with van der Waals surface area (Å²) in [6, 6.07) is 2.01. The molecule has 2 unspecified atom stereocenters. The normalized spacial score (nSPS) is 27.7. The molecule has 3 aliphatic rings. The van der Waals surface area contributed by atoms with Crippen molar-refractivity contribution < 1.29 is 52.3 Å². The van der Waals surface area contributed by atoms with Gasteiger partial charge in [-0.1, -0.05) is 6.07 Å². The minimum atomic E-state index is -4.67. The first kappa shape index (κ1) is 27.1. The molecule has 0 heterocycles. The van der Waals surface area contributed by atoms with Crippen molar-refractivity contribution in [3.8, 4) is 5.75 Å². The van der Waals surface area contributed by atoms with Crippen molar-refractivity contribution in [2.45, 2.75) is 24.5 Å². The van der Waals surface area contributed by atoms with Gasteiger partial charge in [-0.05, 0) is 44.5 Å². The summed E-state index contributed by atoms with van der Waals surface area (Å²) in [7, 11) is -1.57. The molecule has 1 aromatic carbocycles. The van der Waals surface area contributed by atoms with Crippen molar-refractivity contribution in [3.05, 3.63) is 40.2 Å². The van der Waals surface area contributed by atoms with Gasteiger partial charge >= 0.3 is 10.4 Å². The first-order valence-electron chi connectivity index (χ1n) is 10.4. The number of nitrogens with zero attached hydrogens (tertiary/aromatic N) is 1. The number of anilines is 1. The number of aliphatic hydroxyl groups is 3. The van der Waals surface area contributed by atoms with Gasteiger partial charge in [-0.3, -0.25) is 28.4 Å². The Morgan fingerprint density at radius 3 is 2.19 bits per heavy atom. The molecule has 4 atom stereocenters. The number of likely N-dealkylation sites (N-methyl/N-ethyl adjacent to an activating group) is 1. The number of aliphatic hydroxyl groups excluding tert-OH is 2. The highest BCUT2D eigenvalue weighted by atomic mass is 32.3. The maximum Gasteiger partial charge on any atom is 0.394 e. The van der Waals surface area contributed by atoms with Crippen molar-refractivity contribution in [1.29, 1.82) is 0 Å². The molecule has 36 heavy (non-hydrogen) atoms. The Bertz CT molecular complexity index is 1340. The number of carbonyl (C=O) groups is 3. The molecule has 15 heteroatoms. The van der Waals surface area contributed by atoms with Gasteiger partial charge in [0.25, 0.3) is 5.91 Å². The summed E-state index contributed by atoms with van der Waals surface area (Å²) in [5, 5.41) is 43.4. The monoisotopic (exact) mass is 527 g/mol. The van der Waals surface area contributed by atoms with Gasteiger partial charge in [-0.25, -0.2) is 0 Å². The second kappa shape index (κ2) is 8.86. The van der Waals surface area contributed by atoms with Crippen molar-refractivity contribution in [1.82, 2.24) is 4.90 Å². The zero-order valence-corrected chi connectivity index (χ0v) is 19.9. The summed E-state index contributed by atoms with van der Waals surface area (Å²) >= 11 is 0. The second-order valence-corrected chi connectivity index (χ2v) is 9.84. The van der Waals surface area contributed by atoms with Crippen LogP contribution in [0, 0.1) is 11.8 Å². The third-order valence-electron chi connectivity index (χ3n) is 6.62. The van der Waals surface area contributed by atoms with Crippen molar-refractivity contribution in [2.24, 2.45) is 17.6 Å². The maximum absolute atomic E-state index is 13.5. The third-order valence-corrected chi connectivity index (χ3v) is 6.62. The van der Waals surface area contributed by atoms with Gasteiger partial charge in [0.1, 0.15) is 22.8 Å². The molecule has 4 rings (SSSR count). The van der Waals surface area contributed by atoms with Crippen LogP contribution in [0.15, 0.2) is 29.0 Å². The fourth-order valence-corrected chi connectivity index (χ4v) is 5.23. The number of benzene rings is 1. The number of primary amides is 1. The summed E-state index contributed by atoms with van der Waals surface area (Å²) in [6.07, 6.45) is 0.291. The molecule has 1 fully saturated rings. The highest BCUT2D eigenvalue weighted by Gasteiger charge is 2.64. The Hall–Kier alpha value is -3.50. The highest BCUT2D eigenvalue weighted by Crippen LogP contribution is 2.52. The average Bonchev–Trinajstić information content (AvgIpc) is 2.71. The molecule has 196 valence electrons. The number of phenolic OH excluding ortho intramolecular Hbond substituents is 1. The van der Waals surface area contributed by atoms with Crippen LogP contribution in [0.1, 0.15) is 17.5 Å². The summed E-state index contributed by atoms with van der Waals surface area (Å²) in [6.45, 7) is 0. The van der Waals surface area contributed by atoms with E-state index in [0.717, 1.165) is 0 Å². The van der Waals surface area contributed by atoms with E-state index < -0.39 is 74.2 Å². The lowest BCUT2D eigenvalue weighted by Crippen LogP contribution is -2.65. The van der Waals surface area contributed by atoms with Crippen molar-refractivity contribution in [2.75, 3.05) is 19.8 Å². The van der Waals surface area contributed by atoms with Crippen molar-refractivity contribution in [3.63, 3.8) is 0 Å². The van der Waals surface area contributed by atoms with E-state index in [1.807, 2.05) is 0 Å². The standard InChI is InChI=1S/C21H23N3O7.H2O4S/c1-24(2)14-9-6-8-5-7-3-4-10(22)15(25)11(7)16(26)12(8)18(28)21(9,31)19(29)13(17(14)27)20(23)30;1-5(2,3)4/h3-4,8-9,14,25-26,29,31H,5-6,22H2,1-2H3,(H2,23,30);(H2,1,2,3,4)/t8?,9?,14-,21-;/m0./s1. The van der Waals surface area contributed by atoms with Crippen LogP contribution in [-0.4, -0.2) is 86.1 Å². The van der Waals surface area contributed by atoms with E-state index >= 15 is 0 Å². The number of amides is 1. The minimum absolute atomic E-state index is 0.00103. The minimum Gasteiger partial charge on any atom is -0.508 e. The number of rotatable bonds is 2. The predicted molar refractivity (Wildman–Crippen MR) is 123 cm³/mol. The SMILES string of the molecule is CN(C)[C@@H]1C(=O)C(C(N)=O)=C(O)[C@@]2(O)C(=O)C3=C(O)c4c(ccc(N)c4O)CC3CC12.O=S(=O)(O)O. The Labute approximate surface area is 204 Å². The molecule has 0 saturated heterocycles. The van der Waals surface area contributed by atoms with E-state index in [1.54, 1.807) is 20.2 Å². The third kappa shape index (κ3) is 4.20. The Balaban J connectivity index is 0.000000658. The lowest BCUT2D eigenvalue weighted by Gasteiger charge is -2.50. The first-order valence-corrected chi connectivity index (χ1v) is 11.8. The number of nitrogens with two attached hydrogens (primary N) is 2. The van der Waals surface area contributed by atoms with Crippen LogP contribution >= 0.6 is 0 Å². The molecule has 0 radical (unpaired) electrons. The van der Waals surface area contributed by atoms with Gasteiger partial charge in [-0.2, -0.15) is 8.42 Å². The van der Waals surface area contributed by atoms with Crippen LogP contribution in [0.5, 0.6) is 5.75 Å². The van der Waals surface area contributed by atoms with E-state index in [2.05, 4.69) is 0 Å². The quantitative estimate of drug-likeness (QED) is 0.0983. The molecule has 1 saturated carbocycles. The van der Waals surface area contributed by atoms with Gasteiger partial charge in [0, 0.05) is 11.5 Å². The van der Waals surface area contributed by atoms with Crippen LogP contribution in [0.3, 0.4) is 0 Å². The fraction of sp³-hybridized carbons (Fsp3) is 0.381. The van der Waals surface area contributed by atoms with Crippen LogP contribution in [0.4, 0.5) is 5.69 Å². The number of fused-ring (bicyclic) bond motifs is 3. The van der Waals surface area contributed by atoms with Crippen LogP contribution in [0.25, 0.3) is 5.76 Å². The fourth-order valence-electron chi connectivity index (χ4n) is 5.23. The molecule has 3 aliphatic carbocycles. The molecule has 0 aliphatic heterocycles. The Morgan fingerprint density at radius 1 is 1.14 bits per heavy atom. The lowest BCUT2D eigenvalue weighted by molar-refractivity contribution is -0.153. The zero-order valence-electron chi connectivity index (χ0n) is 19.0. The number of hydrogen-bond acceptors (Lipinski definition) is 11. The molecule has 0 bridgehead atoms. The topological polar surface area (TPSA) is 262 Å². The predicted octanol–water partition coefficient (Wildman–Crippen LogP) is -1.11. The van der Waals surface area contributed by atoms with Gasteiger partial charge in [0.2, 0.25) is 5.78 Å². The summed E-state index contributed by atoms with van der Waals surface area (Å²) < 4.78 is 31.6. The largest absolute Gasteiger partial charge is 0.508 e. The van der Waals surface area contributed by atoms with E-state index in [1.165, 1.54) is 11.0 Å². The molecular formula is C21H25N3O11S. The molecular weight excluding hydrogens is 502 g/mol. The van der Waals surface area contributed by atoms with Crippen molar-refractivity contribution >= 4 is 39.3 Å². The number of carbonyl (C=O) groups excluding carboxylic acids is 3. The van der Waals surface area contributed by atoms with E-state index in [0.29, 0.717) is 5.56 Å². The number of hydrogen-bond donors (Lipinski definition) is 8. The average molecular weight is 528 g/mol. The lowest BCUT2D eigenvalue weighted by atomic mass is 9.57. The van der Waals surface area contributed by atoms with E-state index in [9.17, 15) is 34.8 Å². The van der Waals surface area contributed by atoms with E-state index in [-0.39, 0.29) is 29.7 Å². The summed E-state index contributed by atoms with van der Waals surface area (Å²) in [5.41, 5.74) is 7.85. The van der Waals surface area contributed by atoms with Crippen LogP contribution in [0.2, 0.25) is 0 Å². The van der Waals surface area contributed by atoms with E-state index in [4.69, 9.17) is 29.0 Å². The Morgan fingerprint density at radius 2 is 1.69 bits per heavy atom. The molecule has 10 N–H and O–H groups in total. The molecule has 1 amide bonds. The molecule has 0 spiro atoms. The second-order valence-electron chi connectivity index (χ2n) is 8.95. The molecule has 14 nitrogen and oxygen atoms in total.